The van der Waals surface area contributed by atoms with E-state index in [0.717, 1.165) is 19.3 Å². The number of hydrogen-bond acceptors (Lipinski definition) is 1. The molecule has 0 unspecified atom stereocenters. The van der Waals surface area contributed by atoms with E-state index in [1.54, 1.807) is 6.08 Å². The summed E-state index contributed by atoms with van der Waals surface area (Å²) in [7, 11) is 0. The molecule has 0 heterocycles. The standard InChI is InChI=1S/C15H24O/c1-6-7-8-13(16)14-12(3)11(2)9-10-15(14,4)5/h7-8,14H,6,9-10H2,1-5H3/b8-7+/t14-/m0/s1. The van der Waals surface area contributed by atoms with Crippen molar-refractivity contribution in [2.24, 2.45) is 11.3 Å². The molecule has 0 spiro atoms. The molecule has 1 rings (SSSR count). The van der Waals surface area contributed by atoms with E-state index in [0.29, 0.717) is 0 Å². The Balaban J connectivity index is 3.01. The lowest BCUT2D eigenvalue weighted by molar-refractivity contribution is -0.120. The van der Waals surface area contributed by atoms with E-state index in [2.05, 4.69) is 34.6 Å². The van der Waals surface area contributed by atoms with Gasteiger partial charge in [-0.1, -0.05) is 38.0 Å². The molecule has 1 nitrogen and oxygen atoms in total. The van der Waals surface area contributed by atoms with Gasteiger partial charge < -0.3 is 0 Å². The normalized spacial score (nSPS) is 25.2. The smallest absolute Gasteiger partial charge is 0.163 e. The molecule has 0 aromatic rings. The first-order valence-electron chi connectivity index (χ1n) is 6.26. The summed E-state index contributed by atoms with van der Waals surface area (Å²) in [5.74, 6) is 0.368. The molecule has 90 valence electrons. The lowest BCUT2D eigenvalue weighted by Crippen LogP contribution is -2.34. The molecule has 0 N–H and O–H groups in total. The molecule has 0 aliphatic heterocycles. The van der Waals surface area contributed by atoms with Gasteiger partial charge in [0.05, 0.1) is 0 Å². The zero-order chi connectivity index (χ0) is 12.3. The van der Waals surface area contributed by atoms with Crippen molar-refractivity contribution in [2.45, 2.75) is 53.9 Å². The molecule has 16 heavy (non-hydrogen) atoms. The Morgan fingerprint density at radius 1 is 1.44 bits per heavy atom. The van der Waals surface area contributed by atoms with E-state index in [1.807, 2.05) is 6.08 Å². The highest BCUT2D eigenvalue weighted by Crippen LogP contribution is 2.44. The van der Waals surface area contributed by atoms with Gasteiger partial charge in [-0.05, 0) is 44.6 Å². The number of rotatable bonds is 3. The second kappa shape index (κ2) is 4.99. The van der Waals surface area contributed by atoms with E-state index in [9.17, 15) is 4.79 Å². The lowest BCUT2D eigenvalue weighted by Gasteiger charge is -2.38. The van der Waals surface area contributed by atoms with Crippen LogP contribution >= 0.6 is 0 Å². The number of hydrogen-bond donors (Lipinski definition) is 0. The van der Waals surface area contributed by atoms with Crippen LogP contribution in [0.25, 0.3) is 0 Å². The summed E-state index contributed by atoms with van der Waals surface area (Å²) >= 11 is 0. The SMILES string of the molecule is CC/C=C/C(=O)[C@@H]1C(C)=C(C)CCC1(C)C. The minimum Gasteiger partial charge on any atom is -0.294 e. The number of ketones is 1. The predicted molar refractivity (Wildman–Crippen MR) is 69.3 cm³/mol. The first-order valence-corrected chi connectivity index (χ1v) is 6.26. The zero-order valence-corrected chi connectivity index (χ0v) is 11.3. The van der Waals surface area contributed by atoms with Gasteiger partial charge in [-0.25, -0.2) is 0 Å². The third-order valence-electron chi connectivity index (χ3n) is 3.83. The molecule has 1 heteroatoms. The Labute approximate surface area is 99.6 Å². The third kappa shape index (κ3) is 2.63. The molecule has 0 saturated carbocycles. The van der Waals surface area contributed by atoms with Gasteiger partial charge in [0.15, 0.2) is 5.78 Å². The van der Waals surface area contributed by atoms with Crippen LogP contribution < -0.4 is 0 Å². The summed E-state index contributed by atoms with van der Waals surface area (Å²) in [6.45, 7) is 10.8. The molecule has 0 bridgehead atoms. The highest BCUT2D eigenvalue weighted by molar-refractivity contribution is 5.94. The maximum Gasteiger partial charge on any atom is 0.163 e. The van der Waals surface area contributed by atoms with E-state index < -0.39 is 0 Å². The molecule has 1 aliphatic rings. The second-order valence-electron chi connectivity index (χ2n) is 5.60. The summed E-state index contributed by atoms with van der Waals surface area (Å²) in [6.07, 6.45) is 6.93. The fraction of sp³-hybridized carbons (Fsp3) is 0.667. The fourth-order valence-corrected chi connectivity index (χ4v) is 2.61. The first-order chi connectivity index (χ1) is 7.40. The van der Waals surface area contributed by atoms with Gasteiger partial charge in [0.2, 0.25) is 0 Å². The van der Waals surface area contributed by atoms with Crippen LogP contribution in [0.3, 0.4) is 0 Å². The molecule has 1 atom stereocenters. The van der Waals surface area contributed by atoms with Crippen molar-refractivity contribution in [3.63, 3.8) is 0 Å². The molecule has 0 fully saturated rings. The largest absolute Gasteiger partial charge is 0.294 e. The minimum atomic E-state index is 0.0871. The van der Waals surface area contributed by atoms with Crippen LogP contribution in [0.4, 0.5) is 0 Å². The lowest BCUT2D eigenvalue weighted by atomic mass is 9.65. The average molecular weight is 220 g/mol. The Kier molecular flexibility index (Phi) is 4.12. The van der Waals surface area contributed by atoms with Crippen LogP contribution in [0, 0.1) is 11.3 Å². The monoisotopic (exact) mass is 220 g/mol. The van der Waals surface area contributed by atoms with E-state index in [-0.39, 0.29) is 17.1 Å². The Hall–Kier alpha value is -0.850. The van der Waals surface area contributed by atoms with Crippen LogP contribution in [-0.4, -0.2) is 5.78 Å². The molecule has 0 aromatic heterocycles. The molecule has 0 saturated heterocycles. The van der Waals surface area contributed by atoms with Crippen LogP contribution in [0.2, 0.25) is 0 Å². The van der Waals surface area contributed by atoms with Gasteiger partial charge in [0.25, 0.3) is 0 Å². The molecule has 0 aromatic carbocycles. The van der Waals surface area contributed by atoms with E-state index >= 15 is 0 Å². The molecular formula is C15H24O. The Bertz CT molecular complexity index is 331. The van der Waals surface area contributed by atoms with Gasteiger partial charge >= 0.3 is 0 Å². The van der Waals surface area contributed by atoms with Crippen molar-refractivity contribution in [1.82, 2.24) is 0 Å². The Morgan fingerprint density at radius 3 is 2.62 bits per heavy atom. The summed E-state index contributed by atoms with van der Waals surface area (Å²) in [5.41, 5.74) is 2.81. The van der Waals surface area contributed by atoms with Gasteiger partial charge in [-0.3, -0.25) is 4.79 Å². The van der Waals surface area contributed by atoms with Crippen molar-refractivity contribution in [1.29, 1.82) is 0 Å². The summed E-state index contributed by atoms with van der Waals surface area (Å²) < 4.78 is 0. The average Bonchev–Trinajstić information content (AvgIpc) is 2.21. The van der Waals surface area contributed by atoms with Crippen LogP contribution in [-0.2, 0) is 4.79 Å². The quantitative estimate of drug-likeness (QED) is 0.512. The highest BCUT2D eigenvalue weighted by Gasteiger charge is 2.38. The van der Waals surface area contributed by atoms with Crippen LogP contribution in [0.1, 0.15) is 53.9 Å². The van der Waals surface area contributed by atoms with Gasteiger partial charge in [0.1, 0.15) is 0 Å². The van der Waals surface area contributed by atoms with Gasteiger partial charge in [0, 0.05) is 5.92 Å². The van der Waals surface area contributed by atoms with E-state index in [1.165, 1.54) is 11.1 Å². The van der Waals surface area contributed by atoms with Crippen molar-refractivity contribution in [3.05, 3.63) is 23.3 Å². The minimum absolute atomic E-state index is 0.0871. The second-order valence-corrected chi connectivity index (χ2v) is 5.60. The van der Waals surface area contributed by atoms with E-state index in [4.69, 9.17) is 0 Å². The van der Waals surface area contributed by atoms with Crippen molar-refractivity contribution in [3.8, 4) is 0 Å². The van der Waals surface area contributed by atoms with Crippen molar-refractivity contribution in [2.75, 3.05) is 0 Å². The third-order valence-corrected chi connectivity index (χ3v) is 3.83. The van der Waals surface area contributed by atoms with Crippen molar-refractivity contribution < 1.29 is 4.79 Å². The molecule has 0 amide bonds. The number of allylic oxidation sites excluding steroid dienone is 4. The van der Waals surface area contributed by atoms with Crippen LogP contribution in [0.15, 0.2) is 23.3 Å². The summed E-state index contributed by atoms with van der Waals surface area (Å²) in [4.78, 5) is 12.2. The first kappa shape index (κ1) is 13.2. The predicted octanol–water partition coefficient (Wildman–Crippen LogP) is 4.29. The number of carbonyl (C=O) groups excluding carboxylic acids is 1. The van der Waals surface area contributed by atoms with Crippen LogP contribution in [0.5, 0.6) is 0 Å². The fourth-order valence-electron chi connectivity index (χ4n) is 2.61. The topological polar surface area (TPSA) is 17.1 Å². The maximum absolute atomic E-state index is 12.2. The molecule has 0 radical (unpaired) electrons. The number of carbonyl (C=O) groups is 1. The van der Waals surface area contributed by atoms with Gasteiger partial charge in [-0.15, -0.1) is 0 Å². The molecule has 1 aliphatic carbocycles. The zero-order valence-electron chi connectivity index (χ0n) is 11.3. The summed E-state index contributed by atoms with van der Waals surface area (Å²) in [5, 5.41) is 0. The molecular weight excluding hydrogens is 196 g/mol. The Morgan fingerprint density at radius 2 is 2.06 bits per heavy atom. The summed E-state index contributed by atoms with van der Waals surface area (Å²) in [6, 6.07) is 0. The highest BCUT2D eigenvalue weighted by atomic mass is 16.1. The van der Waals surface area contributed by atoms with Crippen molar-refractivity contribution >= 4 is 5.78 Å². The maximum atomic E-state index is 12.2. The van der Waals surface area contributed by atoms with Gasteiger partial charge in [-0.2, -0.15) is 0 Å².